The summed E-state index contributed by atoms with van der Waals surface area (Å²) < 4.78 is 35.1. The topological polar surface area (TPSA) is 91.3 Å². The first-order valence-corrected chi connectivity index (χ1v) is 26.5. The molecule has 0 saturated carbocycles. The maximum atomic E-state index is 12.7. The summed E-state index contributed by atoms with van der Waals surface area (Å²) >= 11 is 0. The number of carbonyl (C=O) groups is 1. The molecular formula is C52H97NO7P+. The van der Waals surface area contributed by atoms with Crippen molar-refractivity contribution in [2.75, 3.05) is 54.1 Å². The summed E-state index contributed by atoms with van der Waals surface area (Å²) in [5.41, 5.74) is 0. The number of nitrogens with zero attached hydrogens (tertiary/aromatic N) is 1. The van der Waals surface area contributed by atoms with Crippen LogP contribution in [-0.4, -0.2) is 75.6 Å². The summed E-state index contributed by atoms with van der Waals surface area (Å²) in [5, 5.41) is 0. The van der Waals surface area contributed by atoms with E-state index in [1.807, 2.05) is 21.1 Å². The van der Waals surface area contributed by atoms with Crippen LogP contribution in [0.1, 0.15) is 206 Å². The summed E-state index contributed by atoms with van der Waals surface area (Å²) in [6.07, 6.45) is 57.0. The molecule has 0 aromatic carbocycles. The SMILES string of the molecule is CCC/C=C\C/C=C\CCCCCCCC(=O)OC(COCCCCCCCCCCCCC/C=C\C/C=C\C/C=C\CCCCCCC)COP(=O)(O)OCC[N+](C)(C)C. The van der Waals surface area contributed by atoms with Crippen molar-refractivity contribution in [3.8, 4) is 0 Å². The first kappa shape index (κ1) is 59.2. The minimum absolute atomic E-state index is 0.0831. The molecule has 9 heteroatoms. The van der Waals surface area contributed by atoms with Crippen molar-refractivity contribution in [2.24, 2.45) is 0 Å². The van der Waals surface area contributed by atoms with E-state index in [4.69, 9.17) is 18.5 Å². The lowest BCUT2D eigenvalue weighted by Gasteiger charge is -2.24. The second-order valence-electron chi connectivity index (χ2n) is 17.8. The molecule has 0 aromatic rings. The van der Waals surface area contributed by atoms with Gasteiger partial charge in [0, 0.05) is 13.0 Å². The Bertz CT molecular complexity index is 1160. The summed E-state index contributed by atoms with van der Waals surface area (Å²) in [6.45, 7) is 5.52. The Kier molecular flexibility index (Phi) is 43.5. The van der Waals surface area contributed by atoms with Crippen LogP contribution in [-0.2, 0) is 27.9 Å². The summed E-state index contributed by atoms with van der Waals surface area (Å²) in [6, 6.07) is 0. The van der Waals surface area contributed by atoms with Gasteiger partial charge < -0.3 is 18.9 Å². The van der Waals surface area contributed by atoms with Crippen LogP contribution >= 0.6 is 7.82 Å². The first-order valence-electron chi connectivity index (χ1n) is 25.0. The fourth-order valence-corrected chi connectivity index (χ4v) is 7.40. The standard InChI is InChI=1S/C52H96NO7P/c1-6-8-10-12-14-16-18-20-21-22-23-24-25-26-27-28-29-30-31-32-34-36-38-40-42-44-47-57-49-51(50-59-61(55,56)58-48-46-53(3,4)5)60-52(54)45-43-41-39-37-35-33-19-17-15-13-11-9-7-2/h11,13,17-20,22-23,25-26,51H,6-10,12,14-16,21,24,27-50H2,1-5H3/p+1/b13-11-,19-17-,20-18-,23-22-,26-25-. The lowest BCUT2D eigenvalue weighted by Crippen LogP contribution is -2.37. The second-order valence-corrected chi connectivity index (χ2v) is 19.3. The van der Waals surface area contributed by atoms with Gasteiger partial charge in [-0.15, -0.1) is 0 Å². The largest absolute Gasteiger partial charge is 0.472 e. The number of unbranched alkanes of at least 4 members (excludes halogenated alkanes) is 22. The Morgan fingerprint density at radius 1 is 0.508 bits per heavy atom. The smallest absolute Gasteiger partial charge is 0.457 e. The van der Waals surface area contributed by atoms with Gasteiger partial charge in [-0.3, -0.25) is 13.8 Å². The van der Waals surface area contributed by atoms with E-state index in [1.165, 1.54) is 109 Å². The molecule has 0 aromatic heterocycles. The Hall–Kier alpha value is -1.80. The highest BCUT2D eigenvalue weighted by Gasteiger charge is 2.26. The Labute approximate surface area is 377 Å². The third kappa shape index (κ3) is 49.1. The Balaban J connectivity index is 4.10. The maximum absolute atomic E-state index is 12.7. The van der Waals surface area contributed by atoms with Crippen molar-refractivity contribution in [1.82, 2.24) is 0 Å². The van der Waals surface area contributed by atoms with Crippen molar-refractivity contribution in [3.05, 3.63) is 60.8 Å². The van der Waals surface area contributed by atoms with E-state index in [2.05, 4.69) is 74.6 Å². The highest BCUT2D eigenvalue weighted by atomic mass is 31.2. The summed E-state index contributed by atoms with van der Waals surface area (Å²) in [4.78, 5) is 22.9. The van der Waals surface area contributed by atoms with E-state index < -0.39 is 13.9 Å². The zero-order valence-corrected chi connectivity index (χ0v) is 41.3. The Morgan fingerprint density at radius 2 is 0.934 bits per heavy atom. The van der Waals surface area contributed by atoms with E-state index >= 15 is 0 Å². The van der Waals surface area contributed by atoms with E-state index in [1.54, 1.807) is 0 Å². The van der Waals surface area contributed by atoms with Crippen LogP contribution in [0.25, 0.3) is 0 Å². The van der Waals surface area contributed by atoms with Gasteiger partial charge in [0.05, 0.1) is 34.4 Å². The molecule has 0 amide bonds. The second kappa shape index (κ2) is 44.8. The van der Waals surface area contributed by atoms with Crippen molar-refractivity contribution in [1.29, 1.82) is 0 Å². The highest BCUT2D eigenvalue weighted by molar-refractivity contribution is 7.47. The van der Waals surface area contributed by atoms with Gasteiger partial charge in [-0.05, 0) is 77.0 Å². The van der Waals surface area contributed by atoms with Gasteiger partial charge in [-0.25, -0.2) is 4.57 Å². The van der Waals surface area contributed by atoms with Gasteiger partial charge in [0.1, 0.15) is 19.3 Å². The van der Waals surface area contributed by atoms with Crippen molar-refractivity contribution >= 4 is 13.8 Å². The summed E-state index contributed by atoms with van der Waals surface area (Å²) in [5.74, 6) is -0.330. The number of ether oxygens (including phenoxy) is 2. The predicted octanol–water partition coefficient (Wildman–Crippen LogP) is 15.3. The molecule has 8 nitrogen and oxygen atoms in total. The molecular weight excluding hydrogens is 782 g/mol. The number of esters is 1. The molecule has 0 rings (SSSR count). The van der Waals surface area contributed by atoms with Crippen LogP contribution in [0.3, 0.4) is 0 Å². The first-order chi connectivity index (χ1) is 29.6. The average molecular weight is 879 g/mol. The molecule has 0 bridgehead atoms. The average Bonchev–Trinajstić information content (AvgIpc) is 3.22. The number of hydrogen-bond acceptors (Lipinski definition) is 6. The normalized spacial score (nSPS) is 14.1. The van der Waals surface area contributed by atoms with Crippen molar-refractivity contribution in [3.63, 3.8) is 0 Å². The third-order valence-electron chi connectivity index (χ3n) is 10.5. The minimum atomic E-state index is -4.28. The Morgan fingerprint density at radius 3 is 1.41 bits per heavy atom. The van der Waals surface area contributed by atoms with E-state index in [0.29, 0.717) is 24.1 Å². The lowest BCUT2D eigenvalue weighted by atomic mass is 10.1. The molecule has 1 N–H and O–H groups in total. The highest BCUT2D eigenvalue weighted by Crippen LogP contribution is 2.43. The molecule has 0 heterocycles. The van der Waals surface area contributed by atoms with Gasteiger partial charge in [0.2, 0.25) is 0 Å². The van der Waals surface area contributed by atoms with Crippen molar-refractivity contribution < 1.29 is 37.3 Å². The zero-order chi connectivity index (χ0) is 44.8. The van der Waals surface area contributed by atoms with Crippen LogP contribution in [0.4, 0.5) is 0 Å². The lowest BCUT2D eigenvalue weighted by molar-refractivity contribution is -0.870. The zero-order valence-electron chi connectivity index (χ0n) is 40.4. The third-order valence-corrected chi connectivity index (χ3v) is 11.5. The number of likely N-dealkylation sites (N-methyl/N-ethyl adjacent to an activating group) is 1. The van der Waals surface area contributed by atoms with Crippen LogP contribution in [0.5, 0.6) is 0 Å². The molecule has 0 radical (unpaired) electrons. The molecule has 0 aliphatic carbocycles. The number of phosphoric ester groups is 1. The van der Waals surface area contributed by atoms with Crippen molar-refractivity contribution in [2.45, 2.75) is 213 Å². The van der Waals surface area contributed by atoms with Crippen LogP contribution in [0.2, 0.25) is 0 Å². The number of phosphoric acid groups is 1. The molecule has 0 aliphatic heterocycles. The summed E-state index contributed by atoms with van der Waals surface area (Å²) in [7, 11) is 1.65. The molecule has 0 fully saturated rings. The number of rotatable bonds is 46. The minimum Gasteiger partial charge on any atom is -0.457 e. The molecule has 61 heavy (non-hydrogen) atoms. The number of carbonyl (C=O) groups excluding carboxylic acids is 1. The van der Waals surface area contributed by atoms with E-state index in [9.17, 15) is 14.3 Å². The van der Waals surface area contributed by atoms with Crippen LogP contribution in [0.15, 0.2) is 60.8 Å². The van der Waals surface area contributed by atoms with Gasteiger partial charge in [0.25, 0.3) is 0 Å². The van der Waals surface area contributed by atoms with Gasteiger partial charge >= 0.3 is 13.8 Å². The molecule has 356 valence electrons. The monoisotopic (exact) mass is 879 g/mol. The van der Waals surface area contributed by atoms with Gasteiger partial charge in [-0.1, -0.05) is 184 Å². The van der Waals surface area contributed by atoms with Crippen LogP contribution < -0.4 is 0 Å². The van der Waals surface area contributed by atoms with Gasteiger partial charge in [0.15, 0.2) is 0 Å². The molecule has 2 unspecified atom stereocenters. The predicted molar refractivity (Wildman–Crippen MR) is 261 cm³/mol. The van der Waals surface area contributed by atoms with E-state index in [0.717, 1.165) is 77.0 Å². The fourth-order valence-electron chi connectivity index (χ4n) is 6.66. The number of hydrogen-bond donors (Lipinski definition) is 1. The molecule has 0 saturated heterocycles. The molecule has 2 atom stereocenters. The van der Waals surface area contributed by atoms with E-state index in [-0.39, 0.29) is 25.8 Å². The van der Waals surface area contributed by atoms with Gasteiger partial charge in [-0.2, -0.15) is 0 Å². The van der Waals surface area contributed by atoms with Crippen LogP contribution in [0, 0.1) is 0 Å². The maximum Gasteiger partial charge on any atom is 0.472 e. The molecule has 0 spiro atoms. The number of allylic oxidation sites excluding steroid dienone is 10. The fraction of sp³-hybridized carbons (Fsp3) is 0.788. The quantitative estimate of drug-likeness (QED) is 0.0214. The molecule has 0 aliphatic rings. The number of quaternary nitrogens is 1.